The molecule has 0 radical (unpaired) electrons. The van der Waals surface area contributed by atoms with Crippen LogP contribution in [-0.2, 0) is 11.3 Å². The molecule has 1 aliphatic rings. The average molecular weight is 374 g/mol. The predicted octanol–water partition coefficient (Wildman–Crippen LogP) is 3.73. The van der Waals surface area contributed by atoms with Crippen LogP contribution >= 0.6 is 23.1 Å². The Bertz CT molecular complexity index is 838. The van der Waals surface area contributed by atoms with Crippen molar-refractivity contribution in [1.82, 2.24) is 20.1 Å². The van der Waals surface area contributed by atoms with Gasteiger partial charge in [0.25, 0.3) is 0 Å². The van der Waals surface area contributed by atoms with Crippen molar-refractivity contribution < 1.29 is 9.21 Å². The molecule has 1 amide bonds. The normalized spacial score (nSPS) is 15.2. The first-order valence-electron chi connectivity index (χ1n) is 8.18. The molecule has 0 aliphatic heterocycles. The molecule has 1 saturated carbocycles. The van der Waals surface area contributed by atoms with Crippen molar-refractivity contribution in [3.8, 4) is 10.7 Å². The lowest BCUT2D eigenvalue weighted by Crippen LogP contribution is -2.30. The highest BCUT2D eigenvalue weighted by molar-refractivity contribution is 8.00. The maximum atomic E-state index is 12.3. The standard InChI is InChI=1S/C17H18N4O2S2/c1-11(16(22)18-10-13-4-2-8-23-13)25-17-20-19-15(14-5-3-9-24-14)21(17)12-6-7-12/h2-5,8-9,11-12H,6-7,10H2,1H3,(H,18,22). The average Bonchev–Trinajstić information content (AvgIpc) is 3.05. The van der Waals surface area contributed by atoms with E-state index in [1.807, 2.05) is 30.5 Å². The summed E-state index contributed by atoms with van der Waals surface area (Å²) in [6.07, 6.45) is 3.88. The number of hydrogen-bond donors (Lipinski definition) is 1. The van der Waals surface area contributed by atoms with Crippen LogP contribution in [0.4, 0.5) is 0 Å². The second-order valence-electron chi connectivity index (χ2n) is 5.94. The van der Waals surface area contributed by atoms with E-state index in [0.717, 1.165) is 34.5 Å². The third kappa shape index (κ3) is 3.64. The van der Waals surface area contributed by atoms with E-state index in [4.69, 9.17) is 4.42 Å². The van der Waals surface area contributed by atoms with Gasteiger partial charge in [-0.1, -0.05) is 17.8 Å². The van der Waals surface area contributed by atoms with Gasteiger partial charge >= 0.3 is 0 Å². The summed E-state index contributed by atoms with van der Waals surface area (Å²) in [5.74, 6) is 1.61. The first-order chi connectivity index (χ1) is 12.2. The molecular weight excluding hydrogens is 356 g/mol. The highest BCUT2D eigenvalue weighted by atomic mass is 32.2. The van der Waals surface area contributed by atoms with Gasteiger partial charge in [0.1, 0.15) is 5.76 Å². The molecule has 1 unspecified atom stereocenters. The Morgan fingerprint density at radius 1 is 1.44 bits per heavy atom. The summed E-state index contributed by atoms with van der Waals surface area (Å²) in [6.45, 7) is 2.28. The fourth-order valence-corrected chi connectivity index (χ4v) is 4.18. The Morgan fingerprint density at radius 2 is 2.32 bits per heavy atom. The van der Waals surface area contributed by atoms with Crippen molar-refractivity contribution in [1.29, 1.82) is 0 Å². The third-order valence-corrected chi connectivity index (χ3v) is 5.91. The first kappa shape index (κ1) is 16.4. The summed E-state index contributed by atoms with van der Waals surface area (Å²) in [7, 11) is 0. The molecule has 0 spiro atoms. The minimum Gasteiger partial charge on any atom is -0.467 e. The van der Waals surface area contributed by atoms with Crippen LogP contribution in [0.2, 0.25) is 0 Å². The molecule has 3 aromatic heterocycles. The van der Waals surface area contributed by atoms with Crippen molar-refractivity contribution in [2.45, 2.75) is 42.8 Å². The van der Waals surface area contributed by atoms with Crippen molar-refractivity contribution in [3.05, 3.63) is 41.7 Å². The number of nitrogens with one attached hydrogen (secondary N) is 1. The van der Waals surface area contributed by atoms with Gasteiger partial charge in [0.2, 0.25) is 5.91 Å². The van der Waals surface area contributed by atoms with Gasteiger partial charge in [-0.2, -0.15) is 0 Å². The minimum atomic E-state index is -0.257. The number of carbonyl (C=O) groups is 1. The predicted molar refractivity (Wildman–Crippen MR) is 97.5 cm³/mol. The second-order valence-corrected chi connectivity index (χ2v) is 8.20. The molecule has 1 N–H and O–H groups in total. The van der Waals surface area contributed by atoms with Crippen molar-refractivity contribution in [3.63, 3.8) is 0 Å². The number of carbonyl (C=O) groups excluding carboxylic acids is 1. The molecular formula is C17H18N4O2S2. The lowest BCUT2D eigenvalue weighted by Gasteiger charge is -2.12. The van der Waals surface area contributed by atoms with E-state index in [9.17, 15) is 4.79 Å². The molecule has 4 rings (SSSR count). The van der Waals surface area contributed by atoms with Gasteiger partial charge in [0.05, 0.1) is 22.9 Å². The number of thioether (sulfide) groups is 1. The Balaban J connectivity index is 1.46. The zero-order valence-electron chi connectivity index (χ0n) is 13.7. The zero-order valence-corrected chi connectivity index (χ0v) is 15.3. The Labute approximate surface area is 153 Å². The van der Waals surface area contributed by atoms with E-state index < -0.39 is 0 Å². The van der Waals surface area contributed by atoms with Crippen LogP contribution in [0.15, 0.2) is 45.5 Å². The SMILES string of the molecule is CC(Sc1nnc(-c2cccs2)n1C1CC1)C(=O)NCc1ccco1. The zero-order chi connectivity index (χ0) is 17.2. The smallest absolute Gasteiger partial charge is 0.233 e. The van der Waals surface area contributed by atoms with Gasteiger partial charge in [-0.25, -0.2) is 0 Å². The van der Waals surface area contributed by atoms with Crippen LogP contribution in [0.25, 0.3) is 10.7 Å². The maximum Gasteiger partial charge on any atom is 0.233 e. The summed E-state index contributed by atoms with van der Waals surface area (Å²) >= 11 is 3.11. The van der Waals surface area contributed by atoms with Gasteiger partial charge in [-0.3, -0.25) is 9.36 Å². The molecule has 1 atom stereocenters. The van der Waals surface area contributed by atoms with Crippen LogP contribution in [0.1, 0.15) is 31.6 Å². The number of thiophene rings is 1. The number of furan rings is 1. The molecule has 0 bridgehead atoms. The molecule has 3 heterocycles. The van der Waals surface area contributed by atoms with Gasteiger partial charge in [-0.05, 0) is 43.3 Å². The Morgan fingerprint density at radius 3 is 3.00 bits per heavy atom. The van der Waals surface area contributed by atoms with Crippen LogP contribution in [0.3, 0.4) is 0 Å². The molecule has 6 nitrogen and oxygen atoms in total. The van der Waals surface area contributed by atoms with Gasteiger partial charge in [0, 0.05) is 6.04 Å². The van der Waals surface area contributed by atoms with Crippen LogP contribution in [-0.4, -0.2) is 25.9 Å². The molecule has 1 fully saturated rings. The summed E-state index contributed by atoms with van der Waals surface area (Å²) < 4.78 is 7.43. The maximum absolute atomic E-state index is 12.3. The largest absolute Gasteiger partial charge is 0.467 e. The van der Waals surface area contributed by atoms with Crippen molar-refractivity contribution in [2.75, 3.05) is 0 Å². The number of hydrogen-bond acceptors (Lipinski definition) is 6. The minimum absolute atomic E-state index is 0.0376. The Kier molecular flexibility index (Phi) is 4.63. The van der Waals surface area contributed by atoms with Gasteiger partial charge < -0.3 is 9.73 Å². The fourth-order valence-electron chi connectivity index (χ4n) is 2.54. The van der Waals surface area contributed by atoms with E-state index in [1.54, 1.807) is 17.6 Å². The molecule has 0 aromatic carbocycles. The highest BCUT2D eigenvalue weighted by Crippen LogP contribution is 2.42. The van der Waals surface area contributed by atoms with E-state index in [-0.39, 0.29) is 11.2 Å². The van der Waals surface area contributed by atoms with Gasteiger partial charge in [0.15, 0.2) is 11.0 Å². The van der Waals surface area contributed by atoms with Crippen molar-refractivity contribution in [2.24, 2.45) is 0 Å². The molecule has 8 heteroatoms. The number of aromatic nitrogens is 3. The molecule has 3 aromatic rings. The van der Waals surface area contributed by atoms with E-state index >= 15 is 0 Å². The van der Waals surface area contributed by atoms with E-state index in [2.05, 4.69) is 26.1 Å². The molecule has 130 valence electrons. The van der Waals surface area contributed by atoms with E-state index in [1.165, 1.54) is 11.8 Å². The topological polar surface area (TPSA) is 73.0 Å². The summed E-state index contributed by atoms with van der Waals surface area (Å²) in [5.41, 5.74) is 0. The summed E-state index contributed by atoms with van der Waals surface area (Å²) in [6, 6.07) is 8.18. The lowest BCUT2D eigenvalue weighted by atomic mass is 10.4. The quantitative estimate of drug-likeness (QED) is 0.638. The molecule has 1 aliphatic carbocycles. The fraction of sp³-hybridized carbons (Fsp3) is 0.353. The first-order valence-corrected chi connectivity index (χ1v) is 9.94. The summed E-state index contributed by atoms with van der Waals surface area (Å²) in [5, 5.41) is 14.2. The third-order valence-electron chi connectivity index (χ3n) is 3.99. The second kappa shape index (κ2) is 7.05. The number of rotatable bonds is 7. The van der Waals surface area contributed by atoms with Gasteiger partial charge in [-0.15, -0.1) is 21.5 Å². The van der Waals surface area contributed by atoms with Crippen LogP contribution < -0.4 is 5.32 Å². The number of nitrogens with zero attached hydrogens (tertiary/aromatic N) is 3. The lowest BCUT2D eigenvalue weighted by molar-refractivity contribution is -0.120. The molecule has 0 saturated heterocycles. The highest BCUT2D eigenvalue weighted by Gasteiger charge is 2.31. The Hall–Kier alpha value is -2.06. The van der Waals surface area contributed by atoms with E-state index in [0.29, 0.717) is 12.6 Å². The number of amides is 1. The monoisotopic (exact) mass is 374 g/mol. The summed E-state index contributed by atoms with van der Waals surface area (Å²) in [4.78, 5) is 13.5. The van der Waals surface area contributed by atoms with Crippen molar-refractivity contribution >= 4 is 29.0 Å². The van der Waals surface area contributed by atoms with Crippen LogP contribution in [0.5, 0.6) is 0 Å². The molecule has 25 heavy (non-hydrogen) atoms. The van der Waals surface area contributed by atoms with Crippen LogP contribution in [0, 0.1) is 0 Å².